The van der Waals surface area contributed by atoms with Crippen LogP contribution in [0.25, 0.3) is 11.5 Å². The molecule has 5 rings (SSSR count). The zero-order chi connectivity index (χ0) is 22.2. The van der Waals surface area contributed by atoms with Crippen molar-refractivity contribution in [2.45, 2.75) is 18.8 Å². The topological polar surface area (TPSA) is 121 Å². The number of hydrogen-bond acceptors (Lipinski definition) is 8. The largest absolute Gasteiger partial charge is 0.454 e. The highest BCUT2D eigenvalue weighted by molar-refractivity contribution is 6.32. The van der Waals surface area contributed by atoms with Crippen LogP contribution in [0.1, 0.15) is 35.0 Å². The van der Waals surface area contributed by atoms with E-state index < -0.39 is 4.92 Å². The maximum atomic E-state index is 13.0. The lowest BCUT2D eigenvalue weighted by atomic mass is 9.97. The molecule has 1 unspecified atom stereocenters. The van der Waals surface area contributed by atoms with Gasteiger partial charge in [-0.05, 0) is 43.2 Å². The third-order valence-corrected chi connectivity index (χ3v) is 5.83. The van der Waals surface area contributed by atoms with Gasteiger partial charge >= 0.3 is 0 Å². The predicted octanol–water partition coefficient (Wildman–Crippen LogP) is 4.05. The number of ether oxygens (including phenoxy) is 2. The molecule has 0 aliphatic carbocycles. The third-order valence-electron chi connectivity index (χ3n) is 5.51. The zero-order valence-electron chi connectivity index (χ0n) is 16.7. The van der Waals surface area contributed by atoms with Crippen molar-refractivity contribution in [1.29, 1.82) is 0 Å². The second kappa shape index (κ2) is 8.12. The van der Waals surface area contributed by atoms with Crippen molar-refractivity contribution in [3.05, 3.63) is 63.0 Å². The Balaban J connectivity index is 1.33. The molecular weight excluding hydrogens is 440 g/mol. The minimum absolute atomic E-state index is 0.00928. The summed E-state index contributed by atoms with van der Waals surface area (Å²) in [5.74, 6) is 1.65. The average Bonchev–Trinajstić information content (AvgIpc) is 3.48. The van der Waals surface area contributed by atoms with Gasteiger partial charge in [-0.2, -0.15) is 0 Å². The molecule has 0 spiro atoms. The van der Waals surface area contributed by atoms with Crippen molar-refractivity contribution in [3.8, 4) is 23.0 Å². The molecule has 10 nitrogen and oxygen atoms in total. The number of halogens is 1. The van der Waals surface area contributed by atoms with E-state index in [9.17, 15) is 14.9 Å². The lowest BCUT2D eigenvalue weighted by Gasteiger charge is -2.31. The van der Waals surface area contributed by atoms with Crippen LogP contribution in [-0.4, -0.2) is 45.8 Å². The summed E-state index contributed by atoms with van der Waals surface area (Å²) in [6.45, 7) is 1.09. The van der Waals surface area contributed by atoms with Crippen LogP contribution in [0.4, 0.5) is 5.69 Å². The van der Waals surface area contributed by atoms with Crippen molar-refractivity contribution in [2.75, 3.05) is 19.9 Å². The quantitative estimate of drug-likeness (QED) is 0.426. The first-order valence-corrected chi connectivity index (χ1v) is 10.3. The Morgan fingerprint density at radius 3 is 2.84 bits per heavy atom. The second-order valence-corrected chi connectivity index (χ2v) is 7.93. The van der Waals surface area contributed by atoms with E-state index in [4.69, 9.17) is 25.5 Å². The van der Waals surface area contributed by atoms with Crippen LogP contribution in [0, 0.1) is 10.1 Å². The van der Waals surface area contributed by atoms with Crippen LogP contribution in [0.2, 0.25) is 5.02 Å². The minimum Gasteiger partial charge on any atom is -0.454 e. The van der Waals surface area contributed by atoms with Gasteiger partial charge in [0.2, 0.25) is 18.6 Å². The normalized spacial score (nSPS) is 17.4. The summed E-state index contributed by atoms with van der Waals surface area (Å²) in [6.07, 6.45) is 1.53. The molecule has 0 bridgehead atoms. The highest BCUT2D eigenvalue weighted by atomic mass is 35.5. The van der Waals surface area contributed by atoms with Crippen LogP contribution in [-0.2, 0) is 0 Å². The number of piperidine rings is 1. The van der Waals surface area contributed by atoms with Gasteiger partial charge in [-0.1, -0.05) is 11.6 Å². The Hall–Kier alpha value is -3.66. The summed E-state index contributed by atoms with van der Waals surface area (Å²) in [5.41, 5.74) is 0.634. The maximum absolute atomic E-state index is 13.0. The van der Waals surface area contributed by atoms with Crippen molar-refractivity contribution in [3.63, 3.8) is 0 Å². The number of benzene rings is 2. The molecule has 32 heavy (non-hydrogen) atoms. The molecule has 1 amide bonds. The number of aromatic nitrogens is 2. The fraction of sp³-hybridized carbons (Fsp3) is 0.286. The Kier molecular flexibility index (Phi) is 5.14. The van der Waals surface area contributed by atoms with Gasteiger partial charge in [0, 0.05) is 30.3 Å². The van der Waals surface area contributed by atoms with Crippen molar-refractivity contribution >= 4 is 23.2 Å². The highest BCUT2D eigenvalue weighted by Crippen LogP contribution is 2.36. The molecule has 2 aromatic carbocycles. The van der Waals surface area contributed by atoms with E-state index in [-0.39, 0.29) is 34.9 Å². The first-order chi connectivity index (χ1) is 15.5. The molecular formula is C21H17ClN4O6. The number of nitrogens with zero attached hydrogens (tertiary/aromatic N) is 4. The number of rotatable bonds is 4. The third kappa shape index (κ3) is 3.73. The SMILES string of the molecule is O=C(c1ccc(Cl)c([N+](=O)[O-])c1)N1CCCC(c2nnc(-c3ccc4c(c3)OCO4)o2)C1. The molecule has 11 heteroatoms. The fourth-order valence-corrected chi connectivity index (χ4v) is 4.06. The lowest BCUT2D eigenvalue weighted by molar-refractivity contribution is -0.384. The second-order valence-electron chi connectivity index (χ2n) is 7.53. The Labute approximate surface area is 186 Å². The minimum atomic E-state index is -0.603. The van der Waals surface area contributed by atoms with Gasteiger partial charge in [-0.25, -0.2) is 0 Å². The number of carbonyl (C=O) groups is 1. The number of nitro groups is 1. The lowest BCUT2D eigenvalue weighted by Crippen LogP contribution is -2.39. The molecule has 3 aromatic rings. The first-order valence-electron chi connectivity index (χ1n) is 9.96. The molecule has 1 fully saturated rings. The average molecular weight is 457 g/mol. The molecule has 1 aromatic heterocycles. The molecule has 1 saturated heterocycles. The molecule has 3 heterocycles. The summed E-state index contributed by atoms with van der Waals surface area (Å²) < 4.78 is 16.6. The van der Waals surface area contributed by atoms with Crippen LogP contribution < -0.4 is 9.47 Å². The molecule has 1 atom stereocenters. The summed E-state index contributed by atoms with van der Waals surface area (Å²) in [6, 6.07) is 9.45. The Bertz CT molecular complexity index is 1210. The van der Waals surface area contributed by atoms with Gasteiger partial charge in [0.05, 0.1) is 10.8 Å². The van der Waals surface area contributed by atoms with E-state index in [0.29, 0.717) is 41.9 Å². The van der Waals surface area contributed by atoms with Crippen LogP contribution in [0.5, 0.6) is 11.5 Å². The van der Waals surface area contributed by atoms with Gasteiger partial charge in [0.1, 0.15) is 5.02 Å². The van der Waals surface area contributed by atoms with Crippen LogP contribution in [0.15, 0.2) is 40.8 Å². The van der Waals surface area contributed by atoms with E-state index in [2.05, 4.69) is 10.2 Å². The summed E-state index contributed by atoms with van der Waals surface area (Å²) in [5, 5.41) is 19.5. The molecule has 2 aliphatic heterocycles. The number of hydrogen-bond donors (Lipinski definition) is 0. The van der Waals surface area contributed by atoms with E-state index in [1.807, 2.05) is 6.07 Å². The Morgan fingerprint density at radius 2 is 2.00 bits per heavy atom. The zero-order valence-corrected chi connectivity index (χ0v) is 17.4. The molecule has 0 N–H and O–H groups in total. The standard InChI is InChI=1S/C21H17ClN4O6/c22-15-5-3-13(8-16(15)26(28)29)21(27)25-7-1-2-14(10-25)20-24-23-19(32-20)12-4-6-17-18(9-12)31-11-30-17/h3-6,8-9,14H,1-2,7,10-11H2. The monoisotopic (exact) mass is 456 g/mol. The number of nitro benzene ring substituents is 1. The molecule has 164 valence electrons. The van der Waals surface area contributed by atoms with Crippen LogP contribution >= 0.6 is 11.6 Å². The van der Waals surface area contributed by atoms with Gasteiger partial charge in [-0.3, -0.25) is 14.9 Å². The number of fused-ring (bicyclic) bond motifs is 1. The molecule has 0 saturated carbocycles. The fourth-order valence-electron chi connectivity index (χ4n) is 3.88. The van der Waals surface area contributed by atoms with Gasteiger partial charge in [0.15, 0.2) is 11.5 Å². The summed E-state index contributed by atoms with van der Waals surface area (Å²) in [4.78, 5) is 25.2. The number of carbonyl (C=O) groups excluding carboxylic acids is 1. The summed E-state index contributed by atoms with van der Waals surface area (Å²) in [7, 11) is 0. The smallest absolute Gasteiger partial charge is 0.288 e. The van der Waals surface area contributed by atoms with E-state index in [1.165, 1.54) is 18.2 Å². The van der Waals surface area contributed by atoms with E-state index >= 15 is 0 Å². The van der Waals surface area contributed by atoms with Gasteiger partial charge in [-0.15, -0.1) is 10.2 Å². The van der Waals surface area contributed by atoms with Gasteiger partial charge in [0.25, 0.3) is 11.6 Å². The van der Waals surface area contributed by atoms with Gasteiger partial charge < -0.3 is 18.8 Å². The van der Waals surface area contributed by atoms with Crippen LogP contribution in [0.3, 0.4) is 0 Å². The number of likely N-dealkylation sites (tertiary alicyclic amines) is 1. The van der Waals surface area contributed by atoms with E-state index in [0.717, 1.165) is 12.8 Å². The van der Waals surface area contributed by atoms with E-state index in [1.54, 1.807) is 17.0 Å². The first kappa shape index (κ1) is 20.3. The Morgan fingerprint density at radius 1 is 1.16 bits per heavy atom. The highest BCUT2D eigenvalue weighted by Gasteiger charge is 2.30. The van der Waals surface area contributed by atoms with Crippen molar-refractivity contribution in [1.82, 2.24) is 15.1 Å². The summed E-state index contributed by atoms with van der Waals surface area (Å²) >= 11 is 5.86. The maximum Gasteiger partial charge on any atom is 0.288 e. The molecule has 0 radical (unpaired) electrons. The van der Waals surface area contributed by atoms with Crippen molar-refractivity contribution in [2.24, 2.45) is 0 Å². The number of amides is 1. The molecule has 2 aliphatic rings. The predicted molar refractivity (Wildman–Crippen MR) is 112 cm³/mol. The van der Waals surface area contributed by atoms with Crippen molar-refractivity contribution < 1.29 is 23.6 Å².